The number of hydrazone groups is 1. The number of benzene rings is 2. The van der Waals surface area contributed by atoms with Gasteiger partial charge in [0.2, 0.25) is 0 Å². The van der Waals surface area contributed by atoms with E-state index in [1.807, 2.05) is 0 Å². The van der Waals surface area contributed by atoms with Crippen molar-refractivity contribution in [2.24, 2.45) is 5.10 Å². The summed E-state index contributed by atoms with van der Waals surface area (Å²) >= 11 is 0. The number of rotatable bonds is 5. The third-order valence-corrected chi connectivity index (χ3v) is 3.10. The first kappa shape index (κ1) is 16.7. The number of nitrogen functional groups attached to an aromatic ring is 1. The molecular weight excluding hydrogens is 316 g/mol. The molecule has 9 heteroatoms. The van der Waals surface area contributed by atoms with Crippen LogP contribution in [0.5, 0.6) is 11.5 Å². The Morgan fingerprint density at radius 3 is 2.75 bits per heavy atom. The number of para-hydroxylation sites is 1. The Kier molecular flexibility index (Phi) is 4.95. The number of hydrogen-bond donors (Lipinski definition) is 3. The number of nitro benzene ring substituents is 1. The van der Waals surface area contributed by atoms with Crippen molar-refractivity contribution >= 4 is 23.5 Å². The molecule has 24 heavy (non-hydrogen) atoms. The van der Waals surface area contributed by atoms with Gasteiger partial charge in [-0.3, -0.25) is 14.9 Å². The highest BCUT2D eigenvalue weighted by molar-refractivity contribution is 5.99. The molecule has 0 aliphatic rings. The maximum Gasteiger partial charge on any atom is 0.274 e. The van der Waals surface area contributed by atoms with Crippen molar-refractivity contribution in [1.82, 2.24) is 5.43 Å². The molecule has 0 atom stereocenters. The van der Waals surface area contributed by atoms with Gasteiger partial charge in [-0.05, 0) is 12.1 Å². The molecule has 0 aliphatic heterocycles. The van der Waals surface area contributed by atoms with Gasteiger partial charge in [0.25, 0.3) is 11.6 Å². The summed E-state index contributed by atoms with van der Waals surface area (Å²) in [6.07, 6.45) is 1.07. The number of carbonyl (C=O) groups is 1. The number of methoxy groups -OCH3 is 1. The number of nitrogens with one attached hydrogen (secondary N) is 1. The first-order chi connectivity index (χ1) is 11.4. The van der Waals surface area contributed by atoms with E-state index in [4.69, 9.17) is 10.5 Å². The van der Waals surface area contributed by atoms with Crippen LogP contribution in [0.25, 0.3) is 0 Å². The second-order valence-corrected chi connectivity index (χ2v) is 4.63. The molecule has 2 rings (SSSR count). The fourth-order valence-electron chi connectivity index (χ4n) is 1.90. The lowest BCUT2D eigenvalue weighted by Crippen LogP contribution is -2.19. The second kappa shape index (κ2) is 7.09. The van der Waals surface area contributed by atoms with E-state index in [1.54, 1.807) is 18.2 Å². The normalized spacial score (nSPS) is 10.5. The summed E-state index contributed by atoms with van der Waals surface area (Å²) in [7, 11) is 1.26. The van der Waals surface area contributed by atoms with Gasteiger partial charge in [-0.25, -0.2) is 5.43 Å². The van der Waals surface area contributed by atoms with Gasteiger partial charge in [-0.15, -0.1) is 0 Å². The Morgan fingerprint density at radius 1 is 1.42 bits per heavy atom. The predicted octanol–water partition coefficient (Wildman–Crippen LogP) is 1.66. The molecule has 1 amide bonds. The molecule has 0 aliphatic carbocycles. The largest absolute Gasteiger partial charge is 0.504 e. The van der Waals surface area contributed by atoms with E-state index in [1.165, 1.54) is 13.2 Å². The number of phenolic OH excluding ortho intramolecular Hbond substituents is 1. The molecule has 0 saturated heterocycles. The summed E-state index contributed by atoms with van der Waals surface area (Å²) in [5.41, 5.74) is 8.15. The summed E-state index contributed by atoms with van der Waals surface area (Å²) in [5.74, 6) is -0.967. The molecule has 4 N–H and O–H groups in total. The van der Waals surface area contributed by atoms with Crippen LogP contribution in [-0.4, -0.2) is 29.3 Å². The number of nitrogens with zero attached hydrogens (tertiary/aromatic N) is 2. The highest BCUT2D eigenvalue weighted by Gasteiger charge is 2.16. The summed E-state index contributed by atoms with van der Waals surface area (Å²) in [4.78, 5) is 22.2. The van der Waals surface area contributed by atoms with E-state index in [0.717, 1.165) is 18.3 Å². The van der Waals surface area contributed by atoms with E-state index in [9.17, 15) is 20.0 Å². The van der Waals surface area contributed by atoms with Crippen molar-refractivity contribution in [3.8, 4) is 11.5 Å². The van der Waals surface area contributed by atoms with E-state index >= 15 is 0 Å². The monoisotopic (exact) mass is 330 g/mol. The minimum absolute atomic E-state index is 0.0161. The number of nitrogens with two attached hydrogens (primary N) is 1. The highest BCUT2D eigenvalue weighted by Crippen LogP contribution is 2.33. The molecule has 0 heterocycles. The molecule has 124 valence electrons. The number of ether oxygens (including phenoxy) is 1. The molecule has 2 aromatic carbocycles. The fourth-order valence-corrected chi connectivity index (χ4v) is 1.90. The van der Waals surface area contributed by atoms with Crippen LogP contribution >= 0.6 is 0 Å². The van der Waals surface area contributed by atoms with Gasteiger partial charge < -0.3 is 15.6 Å². The van der Waals surface area contributed by atoms with Crippen molar-refractivity contribution in [2.75, 3.05) is 12.8 Å². The zero-order chi connectivity index (χ0) is 17.7. The first-order valence-electron chi connectivity index (χ1n) is 6.67. The zero-order valence-electron chi connectivity index (χ0n) is 12.6. The predicted molar refractivity (Wildman–Crippen MR) is 87.2 cm³/mol. The van der Waals surface area contributed by atoms with E-state index < -0.39 is 10.8 Å². The van der Waals surface area contributed by atoms with Gasteiger partial charge in [-0.2, -0.15) is 5.10 Å². The lowest BCUT2D eigenvalue weighted by atomic mass is 10.1. The molecule has 0 fully saturated rings. The number of aromatic hydroxyl groups is 1. The molecule has 0 spiro atoms. The van der Waals surface area contributed by atoms with Crippen LogP contribution in [0.1, 0.15) is 15.9 Å². The molecule has 9 nitrogen and oxygen atoms in total. The third kappa shape index (κ3) is 3.58. The van der Waals surface area contributed by atoms with Crippen LogP contribution in [0.3, 0.4) is 0 Å². The Labute approximate surface area is 136 Å². The van der Waals surface area contributed by atoms with Gasteiger partial charge in [0.1, 0.15) is 0 Å². The van der Waals surface area contributed by atoms with Crippen molar-refractivity contribution in [1.29, 1.82) is 0 Å². The number of amides is 1. The van der Waals surface area contributed by atoms with Crippen molar-refractivity contribution in [2.45, 2.75) is 0 Å². The lowest BCUT2D eigenvalue weighted by molar-refractivity contribution is -0.385. The summed E-state index contributed by atoms with van der Waals surface area (Å²) < 4.78 is 4.87. The average Bonchev–Trinajstić information content (AvgIpc) is 2.56. The maximum atomic E-state index is 11.9. The molecule has 0 radical (unpaired) electrons. The van der Waals surface area contributed by atoms with Crippen LogP contribution in [0.2, 0.25) is 0 Å². The first-order valence-corrected chi connectivity index (χ1v) is 6.67. The van der Waals surface area contributed by atoms with Crippen LogP contribution in [0, 0.1) is 10.1 Å². The highest BCUT2D eigenvalue weighted by atomic mass is 16.6. The Hall–Kier alpha value is -3.62. The fraction of sp³-hybridized carbons (Fsp3) is 0.0667. The topological polar surface area (TPSA) is 140 Å². The van der Waals surface area contributed by atoms with Gasteiger partial charge >= 0.3 is 0 Å². The SMILES string of the molecule is COc1cc([N+](=O)[O-])cc(/C=N\NC(=O)c2ccccc2N)c1O. The average molecular weight is 330 g/mol. The molecule has 0 bridgehead atoms. The number of nitro groups is 1. The van der Waals surface area contributed by atoms with Crippen LogP contribution in [0.15, 0.2) is 41.5 Å². The summed E-state index contributed by atoms with van der Waals surface area (Å²) in [6.45, 7) is 0. The number of phenols is 1. The lowest BCUT2D eigenvalue weighted by Gasteiger charge is -2.06. The Balaban J connectivity index is 2.23. The standard InChI is InChI=1S/C15H14N4O5/c1-24-13-7-10(19(22)23)6-9(14(13)20)8-17-18-15(21)11-4-2-3-5-12(11)16/h2-8,20H,16H2,1H3,(H,18,21)/b17-8-. The van der Waals surface area contributed by atoms with Crippen LogP contribution < -0.4 is 15.9 Å². The molecule has 0 unspecified atom stereocenters. The van der Waals surface area contributed by atoms with E-state index in [-0.39, 0.29) is 34.0 Å². The van der Waals surface area contributed by atoms with Gasteiger partial charge in [0.15, 0.2) is 11.5 Å². The molecule has 0 aromatic heterocycles. The van der Waals surface area contributed by atoms with Gasteiger partial charge in [0, 0.05) is 17.3 Å². The van der Waals surface area contributed by atoms with Crippen LogP contribution in [-0.2, 0) is 0 Å². The third-order valence-electron chi connectivity index (χ3n) is 3.10. The van der Waals surface area contributed by atoms with Crippen molar-refractivity contribution < 1.29 is 19.6 Å². The molecule has 2 aromatic rings. The Bertz CT molecular complexity index is 820. The summed E-state index contributed by atoms with van der Waals surface area (Å²) in [5, 5.41) is 24.5. The van der Waals surface area contributed by atoms with Gasteiger partial charge in [0.05, 0.1) is 29.9 Å². The van der Waals surface area contributed by atoms with E-state index in [0.29, 0.717) is 0 Å². The maximum absolute atomic E-state index is 11.9. The minimum atomic E-state index is -0.636. The Morgan fingerprint density at radius 2 is 2.12 bits per heavy atom. The van der Waals surface area contributed by atoms with E-state index in [2.05, 4.69) is 10.5 Å². The zero-order valence-corrected chi connectivity index (χ0v) is 12.6. The van der Waals surface area contributed by atoms with Crippen molar-refractivity contribution in [3.63, 3.8) is 0 Å². The molecule has 0 saturated carbocycles. The van der Waals surface area contributed by atoms with Crippen molar-refractivity contribution in [3.05, 3.63) is 57.6 Å². The summed E-state index contributed by atoms with van der Waals surface area (Å²) in [6, 6.07) is 8.60. The second-order valence-electron chi connectivity index (χ2n) is 4.63. The van der Waals surface area contributed by atoms with Crippen LogP contribution in [0.4, 0.5) is 11.4 Å². The molecular formula is C15H14N4O5. The number of hydrogen-bond acceptors (Lipinski definition) is 7. The van der Waals surface area contributed by atoms with Gasteiger partial charge in [-0.1, -0.05) is 12.1 Å². The minimum Gasteiger partial charge on any atom is -0.504 e. The quantitative estimate of drug-likeness (QED) is 0.329. The number of carbonyl (C=O) groups excluding carboxylic acids is 1. The smallest absolute Gasteiger partial charge is 0.274 e. The number of non-ortho nitro benzene ring substituents is 1. The number of anilines is 1.